The van der Waals surface area contributed by atoms with Crippen LogP contribution in [0.3, 0.4) is 0 Å². The van der Waals surface area contributed by atoms with Gasteiger partial charge in [0.25, 0.3) is 5.91 Å². The molecule has 0 heterocycles. The van der Waals surface area contributed by atoms with Crippen molar-refractivity contribution in [3.8, 4) is 0 Å². The van der Waals surface area contributed by atoms with Crippen LogP contribution in [0, 0.1) is 5.92 Å². The Morgan fingerprint density at radius 3 is 2.55 bits per heavy atom. The van der Waals surface area contributed by atoms with Crippen molar-refractivity contribution in [1.82, 2.24) is 5.32 Å². The highest BCUT2D eigenvalue weighted by Crippen LogP contribution is 2.39. The lowest BCUT2D eigenvalue weighted by molar-refractivity contribution is -0.137. The SMILES string of the molecule is CC(CO)(NC(=O)c1cccc(C(F)(F)F)c1)C1CC1. The Hall–Kier alpha value is -1.56. The molecule has 2 N–H and O–H groups in total. The van der Waals surface area contributed by atoms with Crippen LogP contribution < -0.4 is 5.32 Å². The van der Waals surface area contributed by atoms with Gasteiger partial charge in [0.15, 0.2) is 0 Å². The molecule has 20 heavy (non-hydrogen) atoms. The van der Waals surface area contributed by atoms with Crippen molar-refractivity contribution < 1.29 is 23.1 Å². The third-order valence-corrected chi connectivity index (χ3v) is 3.66. The lowest BCUT2D eigenvalue weighted by Crippen LogP contribution is -2.50. The third-order valence-electron chi connectivity index (χ3n) is 3.66. The Morgan fingerprint density at radius 2 is 2.05 bits per heavy atom. The quantitative estimate of drug-likeness (QED) is 0.894. The van der Waals surface area contributed by atoms with Gasteiger partial charge < -0.3 is 10.4 Å². The van der Waals surface area contributed by atoms with Gasteiger partial charge >= 0.3 is 6.18 Å². The predicted molar refractivity (Wildman–Crippen MR) is 67.1 cm³/mol. The molecule has 1 fully saturated rings. The molecule has 2 rings (SSSR count). The largest absolute Gasteiger partial charge is 0.416 e. The predicted octanol–water partition coefficient (Wildman–Crippen LogP) is 2.60. The molecule has 6 heteroatoms. The van der Waals surface area contributed by atoms with Crippen LogP contribution >= 0.6 is 0 Å². The minimum absolute atomic E-state index is 0.0554. The number of benzene rings is 1. The number of halogens is 3. The van der Waals surface area contributed by atoms with E-state index in [0.717, 1.165) is 25.0 Å². The van der Waals surface area contributed by atoms with E-state index in [1.165, 1.54) is 12.1 Å². The average Bonchev–Trinajstić information content (AvgIpc) is 3.22. The highest BCUT2D eigenvalue weighted by Gasteiger charge is 2.42. The summed E-state index contributed by atoms with van der Waals surface area (Å²) in [4.78, 5) is 12.0. The van der Waals surface area contributed by atoms with Crippen molar-refractivity contribution in [3.05, 3.63) is 35.4 Å². The number of hydrogen-bond acceptors (Lipinski definition) is 2. The number of hydrogen-bond donors (Lipinski definition) is 2. The number of amides is 1. The van der Waals surface area contributed by atoms with E-state index in [9.17, 15) is 23.1 Å². The van der Waals surface area contributed by atoms with E-state index in [0.29, 0.717) is 0 Å². The van der Waals surface area contributed by atoms with Gasteiger partial charge in [-0.15, -0.1) is 0 Å². The molecule has 110 valence electrons. The maximum absolute atomic E-state index is 12.6. The highest BCUT2D eigenvalue weighted by molar-refractivity contribution is 5.95. The fourth-order valence-corrected chi connectivity index (χ4v) is 2.16. The number of aliphatic hydroxyl groups is 1. The Kier molecular flexibility index (Phi) is 3.77. The van der Waals surface area contributed by atoms with Crippen molar-refractivity contribution >= 4 is 5.91 Å². The lowest BCUT2D eigenvalue weighted by atomic mass is 9.96. The Labute approximate surface area is 114 Å². The smallest absolute Gasteiger partial charge is 0.394 e. The first-order valence-corrected chi connectivity index (χ1v) is 6.37. The molecule has 1 aromatic carbocycles. The first kappa shape index (κ1) is 14.8. The fourth-order valence-electron chi connectivity index (χ4n) is 2.16. The number of aliphatic hydroxyl groups excluding tert-OH is 1. The Balaban J connectivity index is 2.17. The zero-order chi connectivity index (χ0) is 15.0. The summed E-state index contributed by atoms with van der Waals surface area (Å²) < 4.78 is 37.8. The van der Waals surface area contributed by atoms with E-state index in [1.807, 2.05) is 0 Å². The standard InChI is InChI=1S/C14H16F3NO2/c1-13(8-19,10-5-6-10)18-12(20)9-3-2-4-11(7-9)14(15,16)17/h2-4,7,10,19H,5-6,8H2,1H3,(H,18,20). The topological polar surface area (TPSA) is 49.3 Å². The maximum Gasteiger partial charge on any atom is 0.416 e. The van der Waals surface area contributed by atoms with Crippen LogP contribution in [0.5, 0.6) is 0 Å². The van der Waals surface area contributed by atoms with Crippen LogP contribution in [-0.2, 0) is 6.18 Å². The summed E-state index contributed by atoms with van der Waals surface area (Å²) in [5, 5.41) is 12.0. The summed E-state index contributed by atoms with van der Waals surface area (Å²) in [5.74, 6) is -0.415. The molecule has 0 bridgehead atoms. The van der Waals surface area contributed by atoms with Crippen LogP contribution in [0.1, 0.15) is 35.7 Å². The molecule has 0 radical (unpaired) electrons. The first-order valence-electron chi connectivity index (χ1n) is 6.37. The molecule has 1 atom stereocenters. The third kappa shape index (κ3) is 3.12. The number of rotatable bonds is 4. The van der Waals surface area contributed by atoms with Crippen LogP contribution in [0.15, 0.2) is 24.3 Å². The normalized spacial score (nSPS) is 18.4. The second-order valence-corrected chi connectivity index (χ2v) is 5.38. The first-order chi connectivity index (χ1) is 9.26. The summed E-state index contributed by atoms with van der Waals surface area (Å²) in [6.07, 6.45) is -2.67. The van der Waals surface area contributed by atoms with Crippen LogP contribution in [0.25, 0.3) is 0 Å². The van der Waals surface area contributed by atoms with Gasteiger partial charge in [0.1, 0.15) is 0 Å². The minimum Gasteiger partial charge on any atom is -0.394 e. The number of nitrogens with one attached hydrogen (secondary N) is 1. The molecule has 0 spiro atoms. The second kappa shape index (κ2) is 5.09. The second-order valence-electron chi connectivity index (χ2n) is 5.38. The molecule has 3 nitrogen and oxygen atoms in total. The van der Waals surface area contributed by atoms with E-state index in [2.05, 4.69) is 5.32 Å². The van der Waals surface area contributed by atoms with Crippen molar-refractivity contribution in [3.63, 3.8) is 0 Å². The highest BCUT2D eigenvalue weighted by atomic mass is 19.4. The summed E-state index contributed by atoms with van der Waals surface area (Å²) >= 11 is 0. The lowest BCUT2D eigenvalue weighted by Gasteiger charge is -2.28. The summed E-state index contributed by atoms with van der Waals surface area (Å²) in [6.45, 7) is 1.47. The molecule has 1 aromatic rings. The van der Waals surface area contributed by atoms with Gasteiger partial charge in [0, 0.05) is 5.56 Å². The molecule has 0 saturated heterocycles. The van der Waals surface area contributed by atoms with Crippen LogP contribution in [0.2, 0.25) is 0 Å². The zero-order valence-electron chi connectivity index (χ0n) is 11.0. The number of alkyl halides is 3. The zero-order valence-corrected chi connectivity index (χ0v) is 11.0. The molecular weight excluding hydrogens is 271 g/mol. The van der Waals surface area contributed by atoms with E-state index >= 15 is 0 Å². The van der Waals surface area contributed by atoms with E-state index < -0.39 is 23.2 Å². The molecule has 1 amide bonds. The van der Waals surface area contributed by atoms with Crippen LogP contribution in [0.4, 0.5) is 13.2 Å². The van der Waals surface area contributed by atoms with Gasteiger partial charge in [-0.2, -0.15) is 13.2 Å². The van der Waals surface area contributed by atoms with Gasteiger partial charge in [-0.25, -0.2) is 0 Å². The molecule has 1 saturated carbocycles. The molecule has 0 aromatic heterocycles. The summed E-state index contributed by atoms with van der Waals surface area (Å²) in [7, 11) is 0. The molecule has 1 unspecified atom stereocenters. The van der Waals surface area contributed by atoms with Crippen molar-refractivity contribution in [2.24, 2.45) is 5.92 Å². The Bertz CT molecular complexity index is 511. The van der Waals surface area contributed by atoms with Gasteiger partial charge in [-0.05, 0) is 43.9 Å². The molecule has 0 aliphatic heterocycles. The van der Waals surface area contributed by atoms with Crippen molar-refractivity contribution in [2.75, 3.05) is 6.61 Å². The number of carbonyl (C=O) groups is 1. The monoisotopic (exact) mass is 287 g/mol. The van der Waals surface area contributed by atoms with Crippen molar-refractivity contribution in [2.45, 2.75) is 31.5 Å². The van der Waals surface area contributed by atoms with E-state index in [4.69, 9.17) is 0 Å². The maximum atomic E-state index is 12.6. The van der Waals surface area contributed by atoms with Crippen LogP contribution in [-0.4, -0.2) is 23.2 Å². The van der Waals surface area contributed by atoms with E-state index in [1.54, 1.807) is 6.92 Å². The average molecular weight is 287 g/mol. The van der Waals surface area contributed by atoms with Gasteiger partial charge in [-0.3, -0.25) is 4.79 Å². The molecule has 1 aliphatic carbocycles. The minimum atomic E-state index is -4.48. The van der Waals surface area contributed by atoms with E-state index in [-0.39, 0.29) is 18.1 Å². The molecule has 1 aliphatic rings. The fraction of sp³-hybridized carbons (Fsp3) is 0.500. The van der Waals surface area contributed by atoms with Crippen molar-refractivity contribution in [1.29, 1.82) is 0 Å². The summed E-state index contributed by atoms with van der Waals surface area (Å²) in [6, 6.07) is 4.27. The Morgan fingerprint density at radius 1 is 1.40 bits per heavy atom. The number of carbonyl (C=O) groups excluding carboxylic acids is 1. The summed E-state index contributed by atoms with van der Waals surface area (Å²) in [5.41, 5.74) is -1.69. The van der Waals surface area contributed by atoms with Gasteiger partial charge in [0.05, 0.1) is 17.7 Å². The van der Waals surface area contributed by atoms with Gasteiger partial charge in [0.2, 0.25) is 0 Å². The van der Waals surface area contributed by atoms with Gasteiger partial charge in [-0.1, -0.05) is 6.07 Å². The molecular formula is C14H16F3NO2.